The van der Waals surface area contributed by atoms with Crippen molar-refractivity contribution in [1.29, 1.82) is 0 Å². The van der Waals surface area contributed by atoms with Gasteiger partial charge in [0.1, 0.15) is 5.52 Å². The van der Waals surface area contributed by atoms with E-state index in [0.717, 1.165) is 17.7 Å². The number of halogens is 1. The molecule has 3 aromatic rings. The molecule has 0 atom stereocenters. The molecule has 1 aliphatic rings. The Morgan fingerprint density at radius 1 is 0.917 bits per heavy atom. The van der Waals surface area contributed by atoms with Crippen molar-refractivity contribution in [2.75, 3.05) is 13.1 Å². The number of hydrogen-bond acceptors (Lipinski definition) is 3. The second-order valence-corrected chi connectivity index (χ2v) is 6.42. The summed E-state index contributed by atoms with van der Waals surface area (Å²) in [4.78, 5) is 10.8. The molecule has 0 radical (unpaired) electrons. The van der Waals surface area contributed by atoms with Gasteiger partial charge in [-0.3, -0.25) is 9.88 Å². The van der Waals surface area contributed by atoms with E-state index in [0.29, 0.717) is 11.0 Å². The van der Waals surface area contributed by atoms with Gasteiger partial charge in [0, 0.05) is 18.9 Å². The lowest BCUT2D eigenvalue weighted by molar-refractivity contribution is 0.221. The topological polar surface area (TPSA) is 29.0 Å². The largest absolute Gasteiger partial charge is 0.299 e. The zero-order chi connectivity index (χ0) is 16.4. The van der Waals surface area contributed by atoms with Crippen molar-refractivity contribution in [3.63, 3.8) is 0 Å². The molecule has 3 nitrogen and oxygen atoms in total. The fraction of sp³-hybridized carbons (Fsp3) is 0.300. The number of fused-ring (bicyclic) bond motifs is 1. The first-order valence-electron chi connectivity index (χ1n) is 8.51. The van der Waals surface area contributed by atoms with E-state index in [4.69, 9.17) is 0 Å². The molecule has 1 fully saturated rings. The highest BCUT2D eigenvalue weighted by Crippen LogP contribution is 2.26. The molecule has 0 amide bonds. The summed E-state index contributed by atoms with van der Waals surface area (Å²) >= 11 is 0. The van der Waals surface area contributed by atoms with Crippen LogP contribution in [-0.4, -0.2) is 28.0 Å². The lowest BCUT2D eigenvalue weighted by atomic mass is 10.0. The minimum atomic E-state index is -0.322. The minimum absolute atomic E-state index is 0.322. The van der Waals surface area contributed by atoms with Gasteiger partial charge in [0.15, 0.2) is 5.82 Å². The predicted molar refractivity (Wildman–Crippen MR) is 94.1 cm³/mol. The number of rotatable bonds is 3. The van der Waals surface area contributed by atoms with E-state index < -0.39 is 0 Å². The van der Waals surface area contributed by atoms with Crippen LogP contribution in [-0.2, 0) is 6.54 Å². The molecule has 4 heteroatoms. The van der Waals surface area contributed by atoms with Gasteiger partial charge in [-0.15, -0.1) is 0 Å². The van der Waals surface area contributed by atoms with Gasteiger partial charge in [0.25, 0.3) is 0 Å². The highest BCUT2D eigenvalue weighted by molar-refractivity contribution is 5.81. The summed E-state index contributed by atoms with van der Waals surface area (Å²) < 4.78 is 14.3. The molecule has 0 spiro atoms. The van der Waals surface area contributed by atoms with Gasteiger partial charge < -0.3 is 0 Å². The smallest absolute Gasteiger partial charge is 0.151 e. The van der Waals surface area contributed by atoms with Gasteiger partial charge >= 0.3 is 0 Å². The van der Waals surface area contributed by atoms with Crippen LogP contribution < -0.4 is 0 Å². The van der Waals surface area contributed by atoms with Crippen molar-refractivity contribution < 1.29 is 4.39 Å². The summed E-state index contributed by atoms with van der Waals surface area (Å²) in [7, 11) is 0. The molecule has 24 heavy (non-hydrogen) atoms. The van der Waals surface area contributed by atoms with Gasteiger partial charge in [0.05, 0.1) is 5.52 Å². The van der Waals surface area contributed by atoms with Crippen LogP contribution in [0.5, 0.6) is 0 Å². The highest BCUT2D eigenvalue weighted by Gasteiger charge is 2.12. The standard InChI is InChI=1S/C20H20FN3/c21-18-12-17(13-19-20(18)23-8-7-22-19)16-6-4-5-15(11-16)14-24-9-2-1-3-10-24/h4-8,11-13H,1-3,9-10,14H2. The Kier molecular flexibility index (Phi) is 4.22. The third-order valence-electron chi connectivity index (χ3n) is 4.64. The maximum atomic E-state index is 14.3. The molecular weight excluding hydrogens is 301 g/mol. The van der Waals surface area contributed by atoms with Crippen LogP contribution in [0.4, 0.5) is 4.39 Å². The van der Waals surface area contributed by atoms with Crippen molar-refractivity contribution in [1.82, 2.24) is 14.9 Å². The first-order chi connectivity index (χ1) is 11.8. The summed E-state index contributed by atoms with van der Waals surface area (Å²) in [5, 5.41) is 0. The number of likely N-dealkylation sites (tertiary alicyclic amines) is 1. The molecule has 0 bridgehead atoms. The van der Waals surface area contributed by atoms with Crippen LogP contribution in [0.1, 0.15) is 24.8 Å². The summed E-state index contributed by atoms with van der Waals surface area (Å²) in [6.07, 6.45) is 7.03. The highest BCUT2D eigenvalue weighted by atomic mass is 19.1. The summed E-state index contributed by atoms with van der Waals surface area (Å²) in [5.74, 6) is -0.322. The maximum absolute atomic E-state index is 14.3. The van der Waals surface area contributed by atoms with E-state index in [1.165, 1.54) is 44.1 Å². The Morgan fingerprint density at radius 3 is 2.62 bits per heavy atom. The van der Waals surface area contributed by atoms with Gasteiger partial charge in [-0.05, 0) is 60.8 Å². The first-order valence-corrected chi connectivity index (χ1v) is 8.51. The van der Waals surface area contributed by atoms with Crippen LogP contribution in [0.3, 0.4) is 0 Å². The predicted octanol–water partition coefficient (Wildman–Crippen LogP) is 4.42. The van der Waals surface area contributed by atoms with E-state index in [2.05, 4.69) is 27.0 Å². The Morgan fingerprint density at radius 2 is 1.75 bits per heavy atom. The van der Waals surface area contributed by atoms with Gasteiger partial charge in [-0.1, -0.05) is 24.6 Å². The third kappa shape index (κ3) is 3.15. The molecule has 0 N–H and O–H groups in total. The Bertz CT molecular complexity index is 856. The van der Waals surface area contributed by atoms with Crippen LogP contribution in [0.2, 0.25) is 0 Å². The molecule has 122 valence electrons. The van der Waals surface area contributed by atoms with E-state index in [-0.39, 0.29) is 5.82 Å². The maximum Gasteiger partial charge on any atom is 0.151 e. The van der Waals surface area contributed by atoms with Crippen molar-refractivity contribution >= 4 is 11.0 Å². The second-order valence-electron chi connectivity index (χ2n) is 6.42. The summed E-state index contributed by atoms with van der Waals surface area (Å²) in [6, 6.07) is 11.8. The summed E-state index contributed by atoms with van der Waals surface area (Å²) in [6.45, 7) is 3.30. The van der Waals surface area contributed by atoms with Crippen molar-refractivity contribution in [3.8, 4) is 11.1 Å². The van der Waals surface area contributed by atoms with Gasteiger partial charge in [-0.2, -0.15) is 0 Å². The average Bonchev–Trinajstić information content (AvgIpc) is 2.63. The van der Waals surface area contributed by atoms with Crippen molar-refractivity contribution in [2.45, 2.75) is 25.8 Å². The van der Waals surface area contributed by atoms with E-state index >= 15 is 0 Å². The van der Waals surface area contributed by atoms with Crippen LogP contribution in [0.25, 0.3) is 22.2 Å². The number of aromatic nitrogens is 2. The minimum Gasteiger partial charge on any atom is -0.299 e. The normalized spacial score (nSPS) is 15.7. The monoisotopic (exact) mass is 321 g/mol. The Hall–Kier alpha value is -2.33. The quantitative estimate of drug-likeness (QED) is 0.715. The molecule has 4 rings (SSSR count). The second kappa shape index (κ2) is 6.65. The molecule has 1 saturated heterocycles. The van der Waals surface area contributed by atoms with Crippen LogP contribution in [0, 0.1) is 5.82 Å². The number of piperidine rings is 1. The summed E-state index contributed by atoms with van der Waals surface area (Å²) in [5.41, 5.74) is 4.06. The van der Waals surface area contributed by atoms with Gasteiger partial charge in [-0.25, -0.2) is 9.37 Å². The molecule has 1 aromatic heterocycles. The zero-order valence-corrected chi connectivity index (χ0v) is 13.6. The van der Waals surface area contributed by atoms with Crippen LogP contribution >= 0.6 is 0 Å². The van der Waals surface area contributed by atoms with E-state index in [1.807, 2.05) is 18.2 Å². The average molecular weight is 321 g/mol. The molecule has 0 aliphatic carbocycles. The SMILES string of the molecule is Fc1cc(-c2cccc(CN3CCCCC3)c2)cc2nccnc12. The molecule has 1 aliphatic heterocycles. The van der Waals surface area contributed by atoms with Gasteiger partial charge in [0.2, 0.25) is 0 Å². The fourth-order valence-corrected chi connectivity index (χ4v) is 3.42. The molecule has 0 saturated carbocycles. The molecular formula is C20H20FN3. The molecule has 0 unspecified atom stereocenters. The number of benzene rings is 2. The van der Waals surface area contributed by atoms with E-state index in [9.17, 15) is 4.39 Å². The Balaban J connectivity index is 1.65. The number of nitrogens with zero attached hydrogens (tertiary/aromatic N) is 3. The van der Waals surface area contributed by atoms with E-state index in [1.54, 1.807) is 12.3 Å². The number of hydrogen-bond donors (Lipinski definition) is 0. The third-order valence-corrected chi connectivity index (χ3v) is 4.64. The first kappa shape index (κ1) is 15.2. The fourth-order valence-electron chi connectivity index (χ4n) is 3.42. The zero-order valence-electron chi connectivity index (χ0n) is 13.6. The molecule has 2 heterocycles. The molecule has 2 aromatic carbocycles. The van der Waals surface area contributed by atoms with Crippen molar-refractivity contribution in [2.24, 2.45) is 0 Å². The van der Waals surface area contributed by atoms with Crippen molar-refractivity contribution in [3.05, 3.63) is 60.2 Å². The van der Waals surface area contributed by atoms with Crippen LogP contribution in [0.15, 0.2) is 48.8 Å². The lowest BCUT2D eigenvalue weighted by Crippen LogP contribution is -2.29. The Labute approximate surface area is 141 Å². The lowest BCUT2D eigenvalue weighted by Gasteiger charge is -2.26.